The number of phenols is 1. The fourth-order valence-electron chi connectivity index (χ4n) is 6.58. The Kier molecular flexibility index (Phi) is 3.98. The molecule has 0 unspecified atom stereocenters. The minimum Gasteiger partial charge on any atom is -0.504 e. The minimum atomic E-state index is -0.833. The number of aliphatic hydroxyl groups is 1. The lowest BCUT2D eigenvalue weighted by molar-refractivity contribution is -0.393. The molecule has 0 radical (unpaired) electrons. The maximum absolute atomic E-state index is 11.9. The first-order valence-corrected chi connectivity index (χ1v) is 10.8. The van der Waals surface area contributed by atoms with Crippen LogP contribution in [-0.4, -0.2) is 56.8 Å². The summed E-state index contributed by atoms with van der Waals surface area (Å²) in [7, 11) is 2.04. The molecule has 0 saturated carbocycles. The molecular formula is C23H21N3O7. The standard InChI is InChI=1S/C23H21N3O7/c1-24-7-6-23-15-4-5-18(27)22(23)33-21-19(28)10-13(14(20(21)23)9-17(15)24)12-3-2-11(25(29)30)8-16(12)26(31)32/h2-5,8,10,15,17-18,22,27-28H,6-7,9H2,1H3/t15-,17+,18-,22-,23-/m0/s1. The fraction of sp³-hybridized carbons (Fsp3) is 0.391. The predicted molar refractivity (Wildman–Crippen MR) is 116 cm³/mol. The van der Waals surface area contributed by atoms with Crippen molar-refractivity contribution < 1.29 is 24.8 Å². The number of aliphatic hydroxyl groups excluding tert-OH is 1. The molecular weight excluding hydrogens is 430 g/mol. The monoisotopic (exact) mass is 451 g/mol. The molecule has 6 rings (SSSR count). The molecule has 10 nitrogen and oxygen atoms in total. The number of non-ortho nitro benzene ring substituents is 1. The summed E-state index contributed by atoms with van der Waals surface area (Å²) in [5.41, 5.74) is 1.02. The van der Waals surface area contributed by atoms with E-state index < -0.39 is 33.2 Å². The highest BCUT2D eigenvalue weighted by atomic mass is 16.6. The first kappa shape index (κ1) is 20.1. The van der Waals surface area contributed by atoms with E-state index in [0.717, 1.165) is 23.7 Å². The van der Waals surface area contributed by atoms with E-state index >= 15 is 0 Å². The quantitative estimate of drug-likeness (QED) is 0.412. The van der Waals surface area contributed by atoms with Crippen LogP contribution < -0.4 is 4.74 Å². The summed E-state index contributed by atoms with van der Waals surface area (Å²) in [4.78, 5) is 24.0. The number of ether oxygens (including phenoxy) is 1. The van der Waals surface area contributed by atoms with Gasteiger partial charge in [-0.25, -0.2) is 0 Å². The normalized spacial score (nSPS) is 31.1. The zero-order chi connectivity index (χ0) is 23.2. The van der Waals surface area contributed by atoms with Crippen LogP contribution in [0, 0.1) is 26.1 Å². The van der Waals surface area contributed by atoms with Gasteiger partial charge in [0.15, 0.2) is 11.5 Å². The second kappa shape index (κ2) is 6.52. The van der Waals surface area contributed by atoms with Gasteiger partial charge in [-0.05, 0) is 49.7 Å². The average molecular weight is 451 g/mol. The van der Waals surface area contributed by atoms with E-state index in [1.165, 1.54) is 18.2 Å². The highest BCUT2D eigenvalue weighted by Crippen LogP contribution is 2.64. The Morgan fingerprint density at radius 1 is 1.15 bits per heavy atom. The largest absolute Gasteiger partial charge is 0.504 e. The van der Waals surface area contributed by atoms with Crippen molar-refractivity contribution in [2.75, 3.05) is 13.6 Å². The number of likely N-dealkylation sites (tertiary alicyclic amines) is 1. The molecule has 0 amide bonds. The smallest absolute Gasteiger partial charge is 0.284 e. The van der Waals surface area contributed by atoms with Crippen LogP contribution in [0.5, 0.6) is 11.5 Å². The van der Waals surface area contributed by atoms with Gasteiger partial charge in [-0.3, -0.25) is 20.2 Å². The Balaban J connectivity index is 1.65. The Morgan fingerprint density at radius 3 is 2.67 bits per heavy atom. The third kappa shape index (κ3) is 2.44. The molecule has 170 valence electrons. The lowest BCUT2D eigenvalue weighted by Crippen LogP contribution is -2.64. The first-order chi connectivity index (χ1) is 15.7. The van der Waals surface area contributed by atoms with Crippen molar-refractivity contribution in [1.82, 2.24) is 4.90 Å². The van der Waals surface area contributed by atoms with Gasteiger partial charge in [0.25, 0.3) is 11.4 Å². The van der Waals surface area contributed by atoms with Crippen molar-refractivity contribution >= 4 is 11.4 Å². The van der Waals surface area contributed by atoms with E-state index in [1.807, 2.05) is 13.1 Å². The molecule has 1 fully saturated rings. The number of hydrogen-bond donors (Lipinski definition) is 2. The van der Waals surface area contributed by atoms with E-state index in [0.29, 0.717) is 24.2 Å². The van der Waals surface area contributed by atoms with Crippen LogP contribution in [-0.2, 0) is 11.8 Å². The van der Waals surface area contributed by atoms with Gasteiger partial charge < -0.3 is 19.8 Å². The maximum atomic E-state index is 11.9. The Bertz CT molecular complexity index is 1280. The van der Waals surface area contributed by atoms with Gasteiger partial charge in [-0.1, -0.05) is 12.2 Å². The summed E-state index contributed by atoms with van der Waals surface area (Å²) in [6.45, 7) is 0.795. The van der Waals surface area contributed by atoms with Crippen molar-refractivity contribution in [3.05, 3.63) is 67.8 Å². The number of nitro benzene ring substituents is 2. The topological polar surface area (TPSA) is 139 Å². The second-order valence-electron chi connectivity index (χ2n) is 9.32. The number of piperidine rings is 1. The Morgan fingerprint density at radius 2 is 1.94 bits per heavy atom. The average Bonchev–Trinajstić information content (AvgIpc) is 3.14. The zero-order valence-corrected chi connectivity index (χ0v) is 17.7. The molecule has 2 aliphatic heterocycles. The SMILES string of the molecule is CN1CC[C@]23c4c5c(-c6ccc([N+](=O)[O-])cc6[N+](=O)[O-])cc(O)c4O[C@H]2[C@@H](O)C=C[C@H]3[C@H]1C5. The van der Waals surface area contributed by atoms with Crippen LogP contribution in [0.3, 0.4) is 0 Å². The molecule has 2 bridgehead atoms. The Labute approximate surface area is 188 Å². The molecule has 4 aliphatic rings. The molecule has 33 heavy (non-hydrogen) atoms. The number of phenolic OH excluding ortho intramolecular Hbond substituents is 1. The summed E-state index contributed by atoms with van der Waals surface area (Å²) in [6, 6.07) is 5.11. The lowest BCUT2D eigenvalue weighted by Gasteiger charge is -2.56. The number of nitrogens with zero attached hydrogens (tertiary/aromatic N) is 3. The summed E-state index contributed by atoms with van der Waals surface area (Å²) >= 11 is 0. The fourth-order valence-corrected chi connectivity index (χ4v) is 6.58. The summed E-state index contributed by atoms with van der Waals surface area (Å²) in [5.74, 6) is 0.252. The number of benzene rings is 2. The highest BCUT2D eigenvalue weighted by Gasteiger charge is 2.64. The summed E-state index contributed by atoms with van der Waals surface area (Å²) in [6.07, 6.45) is 3.70. The van der Waals surface area contributed by atoms with E-state index in [2.05, 4.69) is 4.90 Å². The third-order valence-corrected chi connectivity index (χ3v) is 7.96. The van der Waals surface area contributed by atoms with Crippen molar-refractivity contribution in [3.8, 4) is 22.6 Å². The third-order valence-electron chi connectivity index (χ3n) is 7.96. The van der Waals surface area contributed by atoms with Crippen molar-refractivity contribution in [2.24, 2.45) is 5.92 Å². The molecule has 2 N–H and O–H groups in total. The second-order valence-corrected chi connectivity index (χ2v) is 9.32. The van der Waals surface area contributed by atoms with Crippen LogP contribution in [0.15, 0.2) is 36.4 Å². The van der Waals surface area contributed by atoms with Crippen LogP contribution in [0.25, 0.3) is 11.1 Å². The van der Waals surface area contributed by atoms with E-state index in [9.17, 15) is 30.4 Å². The molecule has 2 aliphatic carbocycles. The number of aromatic hydroxyl groups is 1. The number of hydrogen-bond acceptors (Lipinski definition) is 8. The molecule has 2 aromatic rings. The number of nitro groups is 2. The molecule has 2 aromatic carbocycles. The van der Waals surface area contributed by atoms with Crippen molar-refractivity contribution in [3.63, 3.8) is 0 Å². The van der Waals surface area contributed by atoms with E-state index in [-0.39, 0.29) is 29.0 Å². The van der Waals surface area contributed by atoms with Gasteiger partial charge in [-0.2, -0.15) is 0 Å². The van der Waals surface area contributed by atoms with Gasteiger partial charge in [0.1, 0.15) is 12.2 Å². The van der Waals surface area contributed by atoms with Gasteiger partial charge in [0, 0.05) is 29.0 Å². The molecule has 2 heterocycles. The first-order valence-electron chi connectivity index (χ1n) is 10.8. The van der Waals surface area contributed by atoms with Crippen LogP contribution >= 0.6 is 0 Å². The van der Waals surface area contributed by atoms with Gasteiger partial charge >= 0.3 is 0 Å². The van der Waals surface area contributed by atoms with Crippen molar-refractivity contribution in [1.29, 1.82) is 0 Å². The van der Waals surface area contributed by atoms with Crippen LogP contribution in [0.2, 0.25) is 0 Å². The Hall–Kier alpha value is -3.50. The maximum Gasteiger partial charge on any atom is 0.284 e. The van der Waals surface area contributed by atoms with Gasteiger partial charge in [0.2, 0.25) is 0 Å². The predicted octanol–water partition coefficient (Wildman–Crippen LogP) is 2.68. The van der Waals surface area contributed by atoms with Crippen LogP contribution in [0.1, 0.15) is 17.5 Å². The number of rotatable bonds is 3. The molecule has 1 spiro atoms. The van der Waals surface area contributed by atoms with Gasteiger partial charge in [0.05, 0.1) is 21.5 Å². The minimum absolute atomic E-state index is 0.0693. The molecule has 0 aromatic heterocycles. The zero-order valence-electron chi connectivity index (χ0n) is 17.7. The highest BCUT2D eigenvalue weighted by molar-refractivity contribution is 5.83. The van der Waals surface area contributed by atoms with Crippen molar-refractivity contribution in [2.45, 2.75) is 36.5 Å². The molecule has 5 atom stereocenters. The van der Waals surface area contributed by atoms with E-state index in [1.54, 1.807) is 6.08 Å². The lowest BCUT2D eigenvalue weighted by atomic mass is 9.53. The summed E-state index contributed by atoms with van der Waals surface area (Å²) in [5, 5.41) is 44.8. The molecule has 1 saturated heterocycles. The summed E-state index contributed by atoms with van der Waals surface area (Å²) < 4.78 is 6.18. The number of likely N-dealkylation sites (N-methyl/N-ethyl adjacent to an activating group) is 1. The van der Waals surface area contributed by atoms with Crippen LogP contribution in [0.4, 0.5) is 11.4 Å². The van der Waals surface area contributed by atoms with Gasteiger partial charge in [-0.15, -0.1) is 0 Å². The van der Waals surface area contributed by atoms with E-state index in [4.69, 9.17) is 4.74 Å². The molecule has 10 heteroatoms.